The van der Waals surface area contributed by atoms with E-state index >= 15 is 0 Å². The van der Waals surface area contributed by atoms with Crippen LogP contribution in [0.5, 0.6) is 0 Å². The topological polar surface area (TPSA) is 46.3 Å². The molecule has 0 bridgehead atoms. The van der Waals surface area contributed by atoms with Crippen molar-refractivity contribution < 1.29 is 4.79 Å². The lowest BCUT2D eigenvalue weighted by Crippen LogP contribution is -2.36. The summed E-state index contributed by atoms with van der Waals surface area (Å²) >= 11 is 1.66. The maximum Gasteiger partial charge on any atom is 0.257 e. The lowest BCUT2D eigenvalue weighted by molar-refractivity contribution is 0.0724. The van der Waals surface area contributed by atoms with Crippen molar-refractivity contribution in [2.45, 2.75) is 51.9 Å². The molecular weight excluding hydrogens is 268 g/mol. The zero-order valence-electron chi connectivity index (χ0n) is 12.3. The second-order valence-corrected chi connectivity index (χ2v) is 7.25. The van der Waals surface area contributed by atoms with Crippen molar-refractivity contribution in [1.29, 1.82) is 0 Å². The fraction of sp³-hybridized carbons (Fsp3) is 0.688. The first kappa shape index (κ1) is 13.9. The van der Waals surface area contributed by atoms with E-state index in [2.05, 4.69) is 6.92 Å². The molecule has 0 saturated carbocycles. The van der Waals surface area contributed by atoms with E-state index in [9.17, 15) is 4.79 Å². The number of nitrogens with two attached hydrogens (primary N) is 1. The molecule has 0 unspecified atom stereocenters. The molecule has 1 aliphatic heterocycles. The summed E-state index contributed by atoms with van der Waals surface area (Å²) in [6.45, 7) is 4.06. The number of amides is 1. The first-order chi connectivity index (χ1) is 9.70. The van der Waals surface area contributed by atoms with Crippen LogP contribution in [0.4, 0.5) is 5.00 Å². The molecule has 0 aromatic carbocycles. The summed E-state index contributed by atoms with van der Waals surface area (Å²) < 4.78 is 0. The van der Waals surface area contributed by atoms with Gasteiger partial charge in [0.15, 0.2) is 0 Å². The average Bonchev–Trinajstić information content (AvgIpc) is 2.82. The maximum atomic E-state index is 12.8. The Morgan fingerprint density at radius 3 is 2.80 bits per heavy atom. The quantitative estimate of drug-likeness (QED) is 0.907. The minimum absolute atomic E-state index is 0.189. The third-order valence-electron chi connectivity index (χ3n) is 4.83. The van der Waals surface area contributed by atoms with Gasteiger partial charge < -0.3 is 10.6 Å². The van der Waals surface area contributed by atoms with E-state index in [4.69, 9.17) is 5.73 Å². The molecule has 3 nitrogen and oxygen atoms in total. The molecule has 1 fully saturated rings. The molecule has 1 atom stereocenters. The molecule has 1 amide bonds. The molecular formula is C16H24N2OS. The van der Waals surface area contributed by atoms with E-state index < -0.39 is 0 Å². The second-order valence-electron chi connectivity index (χ2n) is 6.11. The van der Waals surface area contributed by atoms with Gasteiger partial charge in [-0.05, 0) is 50.0 Å². The highest BCUT2D eigenvalue weighted by Gasteiger charge is 2.30. The lowest BCUT2D eigenvalue weighted by Gasteiger charge is -2.28. The highest BCUT2D eigenvalue weighted by atomic mass is 32.1. The Balaban J connectivity index is 1.86. The molecule has 0 radical (unpaired) electrons. The van der Waals surface area contributed by atoms with Crippen LogP contribution in [0.1, 0.15) is 59.8 Å². The Morgan fingerprint density at radius 2 is 2.10 bits per heavy atom. The molecule has 1 aromatic heterocycles. The third kappa shape index (κ3) is 2.46. The Labute approximate surface area is 125 Å². The van der Waals surface area contributed by atoms with Crippen LogP contribution in [0.25, 0.3) is 0 Å². The molecule has 2 heterocycles. The fourth-order valence-electron chi connectivity index (χ4n) is 3.51. The van der Waals surface area contributed by atoms with Gasteiger partial charge in [0.25, 0.3) is 5.91 Å². The molecule has 20 heavy (non-hydrogen) atoms. The highest BCUT2D eigenvalue weighted by molar-refractivity contribution is 7.16. The fourth-order valence-corrected chi connectivity index (χ4v) is 4.74. The molecule has 4 heteroatoms. The van der Waals surface area contributed by atoms with Crippen molar-refractivity contribution in [3.63, 3.8) is 0 Å². The van der Waals surface area contributed by atoms with E-state index in [0.717, 1.165) is 55.3 Å². The van der Waals surface area contributed by atoms with Crippen LogP contribution in [-0.4, -0.2) is 23.9 Å². The van der Waals surface area contributed by atoms with Gasteiger partial charge in [-0.1, -0.05) is 13.3 Å². The second kappa shape index (κ2) is 5.76. The SMILES string of the molecule is CC[C@@H]1CCc2c(sc(N)c2C(=O)N2CCCCC2)C1. The molecule has 1 aromatic rings. The van der Waals surface area contributed by atoms with Crippen molar-refractivity contribution in [2.24, 2.45) is 5.92 Å². The van der Waals surface area contributed by atoms with Gasteiger partial charge in [0.05, 0.1) is 10.6 Å². The lowest BCUT2D eigenvalue weighted by atomic mass is 9.85. The van der Waals surface area contributed by atoms with Crippen LogP contribution >= 0.6 is 11.3 Å². The Morgan fingerprint density at radius 1 is 1.35 bits per heavy atom. The van der Waals surface area contributed by atoms with Crippen LogP contribution in [0.3, 0.4) is 0 Å². The van der Waals surface area contributed by atoms with Gasteiger partial charge in [0.2, 0.25) is 0 Å². The van der Waals surface area contributed by atoms with E-state index in [1.165, 1.54) is 29.7 Å². The maximum absolute atomic E-state index is 12.8. The van der Waals surface area contributed by atoms with E-state index in [1.54, 1.807) is 11.3 Å². The van der Waals surface area contributed by atoms with Crippen molar-refractivity contribution in [3.05, 3.63) is 16.0 Å². The molecule has 1 saturated heterocycles. The molecule has 110 valence electrons. The number of fused-ring (bicyclic) bond motifs is 1. The van der Waals surface area contributed by atoms with Gasteiger partial charge in [-0.3, -0.25) is 4.79 Å². The first-order valence-corrected chi connectivity index (χ1v) is 8.71. The highest BCUT2D eigenvalue weighted by Crippen LogP contribution is 2.39. The third-order valence-corrected chi connectivity index (χ3v) is 5.91. The summed E-state index contributed by atoms with van der Waals surface area (Å²) in [6.07, 6.45) is 8.11. The average molecular weight is 292 g/mol. The van der Waals surface area contributed by atoms with Crippen LogP contribution in [0.15, 0.2) is 0 Å². The van der Waals surface area contributed by atoms with Gasteiger partial charge in [-0.2, -0.15) is 0 Å². The van der Waals surface area contributed by atoms with Crippen molar-refractivity contribution >= 4 is 22.2 Å². The van der Waals surface area contributed by atoms with Crippen LogP contribution in [0.2, 0.25) is 0 Å². The van der Waals surface area contributed by atoms with Gasteiger partial charge in [0, 0.05) is 18.0 Å². The predicted molar refractivity (Wildman–Crippen MR) is 84.3 cm³/mol. The zero-order chi connectivity index (χ0) is 14.1. The van der Waals surface area contributed by atoms with Crippen molar-refractivity contribution in [1.82, 2.24) is 4.90 Å². The zero-order valence-corrected chi connectivity index (χ0v) is 13.1. The summed E-state index contributed by atoms with van der Waals surface area (Å²) in [5, 5.41) is 0.752. The smallest absolute Gasteiger partial charge is 0.257 e. The van der Waals surface area contributed by atoms with Crippen LogP contribution < -0.4 is 5.73 Å². The first-order valence-electron chi connectivity index (χ1n) is 7.90. The minimum atomic E-state index is 0.189. The number of hydrogen-bond donors (Lipinski definition) is 1. The van der Waals surface area contributed by atoms with Crippen molar-refractivity contribution in [3.8, 4) is 0 Å². The van der Waals surface area contributed by atoms with Gasteiger partial charge in [-0.15, -0.1) is 11.3 Å². The van der Waals surface area contributed by atoms with Crippen LogP contribution in [-0.2, 0) is 12.8 Å². The number of rotatable bonds is 2. The number of anilines is 1. The predicted octanol–water partition coefficient (Wildman–Crippen LogP) is 3.47. The van der Waals surface area contributed by atoms with E-state index in [0.29, 0.717) is 0 Å². The molecule has 2 aliphatic rings. The minimum Gasteiger partial charge on any atom is -0.390 e. The largest absolute Gasteiger partial charge is 0.390 e. The van der Waals surface area contributed by atoms with E-state index in [-0.39, 0.29) is 5.91 Å². The van der Waals surface area contributed by atoms with Gasteiger partial charge in [-0.25, -0.2) is 0 Å². The number of piperidine rings is 1. The summed E-state index contributed by atoms with van der Waals surface area (Å²) in [7, 11) is 0. The van der Waals surface area contributed by atoms with Gasteiger partial charge >= 0.3 is 0 Å². The summed E-state index contributed by atoms with van der Waals surface area (Å²) in [5.41, 5.74) is 8.31. The number of carbonyl (C=O) groups is 1. The summed E-state index contributed by atoms with van der Waals surface area (Å²) in [6, 6.07) is 0. The van der Waals surface area contributed by atoms with E-state index in [1.807, 2.05) is 4.90 Å². The molecule has 3 rings (SSSR count). The molecule has 2 N–H and O–H groups in total. The normalized spacial score (nSPS) is 22.6. The Kier molecular flexibility index (Phi) is 4.01. The van der Waals surface area contributed by atoms with Crippen LogP contribution in [0, 0.1) is 5.92 Å². The Hall–Kier alpha value is -1.03. The number of nitrogens with zero attached hydrogens (tertiary/aromatic N) is 1. The van der Waals surface area contributed by atoms with Crippen molar-refractivity contribution in [2.75, 3.05) is 18.8 Å². The number of carbonyl (C=O) groups excluding carboxylic acids is 1. The Bertz CT molecular complexity index is 503. The number of likely N-dealkylation sites (tertiary alicyclic amines) is 1. The number of thiophene rings is 1. The standard InChI is InChI=1S/C16H24N2OS/c1-2-11-6-7-12-13(10-11)20-15(17)14(12)16(19)18-8-4-3-5-9-18/h11H,2-10,17H2,1H3/t11-/m1/s1. The summed E-state index contributed by atoms with van der Waals surface area (Å²) in [4.78, 5) is 16.1. The molecule has 0 spiro atoms. The molecule has 1 aliphatic carbocycles. The number of nitrogen functional groups attached to an aromatic ring is 1. The monoisotopic (exact) mass is 292 g/mol. The number of hydrogen-bond acceptors (Lipinski definition) is 3. The van der Waals surface area contributed by atoms with Gasteiger partial charge in [0.1, 0.15) is 0 Å². The summed E-state index contributed by atoms with van der Waals surface area (Å²) in [5.74, 6) is 0.966.